The summed E-state index contributed by atoms with van der Waals surface area (Å²) in [6.07, 6.45) is 1.47. The molecule has 1 aromatic rings. The lowest BCUT2D eigenvalue weighted by Gasteiger charge is -2.25. The van der Waals surface area contributed by atoms with Crippen LogP contribution in [-0.4, -0.2) is 22.9 Å². The summed E-state index contributed by atoms with van der Waals surface area (Å²) in [5.41, 5.74) is 0.800. The zero-order valence-electron chi connectivity index (χ0n) is 8.61. The normalized spacial score (nSPS) is 19.8. The molecular formula is C10H13NO3S. The molecule has 0 aromatic carbocycles. The predicted molar refractivity (Wildman–Crippen MR) is 58.6 cm³/mol. The van der Waals surface area contributed by atoms with Crippen molar-refractivity contribution in [3.63, 3.8) is 0 Å². The number of rotatable bonds is 2. The first-order valence-electron chi connectivity index (χ1n) is 4.85. The molecule has 1 aromatic heterocycles. The molecular weight excluding hydrogens is 214 g/mol. The van der Waals surface area contributed by atoms with E-state index in [1.54, 1.807) is 11.8 Å². The van der Waals surface area contributed by atoms with Crippen molar-refractivity contribution in [2.24, 2.45) is 5.92 Å². The topological polar surface area (TPSA) is 62.5 Å². The Labute approximate surface area is 92.0 Å². The van der Waals surface area contributed by atoms with Gasteiger partial charge in [-0.15, -0.1) is 11.8 Å². The smallest absolute Gasteiger partial charge is 0.373 e. The van der Waals surface area contributed by atoms with Gasteiger partial charge < -0.3 is 14.8 Å². The minimum absolute atomic E-state index is 0.0489. The molecule has 82 valence electrons. The fraction of sp³-hybridized carbons (Fsp3) is 0.500. The van der Waals surface area contributed by atoms with Crippen molar-refractivity contribution in [2.45, 2.75) is 24.0 Å². The summed E-state index contributed by atoms with van der Waals surface area (Å²) in [4.78, 5) is 11.6. The van der Waals surface area contributed by atoms with Crippen LogP contribution in [0.25, 0.3) is 0 Å². The third-order valence-corrected chi connectivity index (χ3v) is 4.10. The molecule has 0 saturated heterocycles. The second kappa shape index (κ2) is 3.81. The minimum Gasteiger partial charge on any atom is -0.475 e. The molecule has 15 heavy (non-hydrogen) atoms. The Balaban J connectivity index is 2.30. The molecule has 0 spiro atoms. The van der Waals surface area contributed by atoms with Crippen LogP contribution in [-0.2, 0) is 0 Å². The molecule has 1 atom stereocenters. The van der Waals surface area contributed by atoms with Crippen LogP contribution in [0.4, 0.5) is 5.69 Å². The number of hydrogen-bond acceptors (Lipinski definition) is 4. The van der Waals surface area contributed by atoms with E-state index >= 15 is 0 Å². The molecule has 2 heterocycles. The first-order chi connectivity index (χ1) is 7.09. The SMILES string of the molecule is CC(C)C1CNc2coc(C(=O)O)c2S1. The zero-order valence-corrected chi connectivity index (χ0v) is 9.43. The van der Waals surface area contributed by atoms with E-state index in [1.165, 1.54) is 6.26 Å². The molecule has 2 rings (SSSR count). The first kappa shape index (κ1) is 10.4. The largest absolute Gasteiger partial charge is 0.475 e. The second-order valence-corrected chi connectivity index (χ2v) is 5.14. The van der Waals surface area contributed by atoms with Crippen LogP contribution >= 0.6 is 11.8 Å². The molecule has 0 bridgehead atoms. The molecule has 0 saturated carbocycles. The number of hydrogen-bond donors (Lipinski definition) is 2. The van der Waals surface area contributed by atoms with Crippen molar-refractivity contribution >= 4 is 23.4 Å². The van der Waals surface area contributed by atoms with Crippen LogP contribution in [0.15, 0.2) is 15.6 Å². The molecule has 0 amide bonds. The van der Waals surface area contributed by atoms with Crippen molar-refractivity contribution in [3.05, 3.63) is 12.0 Å². The lowest BCUT2D eigenvalue weighted by Crippen LogP contribution is -2.25. The molecule has 1 unspecified atom stereocenters. The number of furan rings is 1. The van der Waals surface area contributed by atoms with E-state index in [1.807, 2.05) is 0 Å². The Kier molecular flexibility index (Phi) is 2.65. The van der Waals surface area contributed by atoms with Crippen molar-refractivity contribution < 1.29 is 14.3 Å². The van der Waals surface area contributed by atoms with E-state index in [4.69, 9.17) is 9.52 Å². The number of carboxylic acid groups (broad SMARTS) is 1. The van der Waals surface area contributed by atoms with Gasteiger partial charge in [0.05, 0.1) is 10.6 Å². The molecule has 1 aliphatic heterocycles. The number of anilines is 1. The average molecular weight is 227 g/mol. The number of carboxylic acids is 1. The van der Waals surface area contributed by atoms with Crippen LogP contribution in [0.3, 0.4) is 0 Å². The maximum absolute atomic E-state index is 10.9. The van der Waals surface area contributed by atoms with Crippen LogP contribution in [0.2, 0.25) is 0 Å². The lowest BCUT2D eigenvalue weighted by molar-refractivity contribution is 0.0657. The van der Waals surface area contributed by atoms with Gasteiger partial charge in [0, 0.05) is 11.8 Å². The van der Waals surface area contributed by atoms with E-state index < -0.39 is 5.97 Å². The Bertz CT molecular complexity index is 386. The fourth-order valence-corrected chi connectivity index (χ4v) is 2.74. The quantitative estimate of drug-likeness (QED) is 0.812. The van der Waals surface area contributed by atoms with Crippen molar-refractivity contribution in [3.8, 4) is 0 Å². The zero-order chi connectivity index (χ0) is 11.0. The molecule has 0 fully saturated rings. The number of nitrogens with one attached hydrogen (secondary N) is 1. The standard InChI is InChI=1S/C10H13NO3S/c1-5(2)7-3-11-6-4-14-8(10(12)13)9(6)15-7/h4-5,7,11H,3H2,1-2H3,(H,12,13). The number of fused-ring (bicyclic) bond motifs is 1. The van der Waals surface area contributed by atoms with Crippen LogP contribution < -0.4 is 5.32 Å². The molecule has 1 aliphatic rings. The van der Waals surface area contributed by atoms with Gasteiger partial charge in [-0.25, -0.2) is 4.79 Å². The third-order valence-electron chi connectivity index (χ3n) is 2.45. The van der Waals surface area contributed by atoms with Gasteiger partial charge in [0.1, 0.15) is 6.26 Å². The third kappa shape index (κ3) is 1.84. The summed E-state index contributed by atoms with van der Waals surface area (Å²) in [6, 6.07) is 0. The average Bonchev–Trinajstić information content (AvgIpc) is 2.59. The van der Waals surface area contributed by atoms with Crippen molar-refractivity contribution in [1.82, 2.24) is 0 Å². The highest BCUT2D eigenvalue weighted by molar-refractivity contribution is 8.00. The Hall–Kier alpha value is -1.10. The van der Waals surface area contributed by atoms with Gasteiger partial charge in [-0.2, -0.15) is 0 Å². The second-order valence-electron chi connectivity index (χ2n) is 3.89. The maximum Gasteiger partial charge on any atom is 0.373 e. The highest BCUT2D eigenvalue weighted by Gasteiger charge is 2.28. The van der Waals surface area contributed by atoms with E-state index in [2.05, 4.69) is 19.2 Å². The maximum atomic E-state index is 10.9. The van der Waals surface area contributed by atoms with Gasteiger partial charge in [0.2, 0.25) is 5.76 Å². The Morgan fingerprint density at radius 2 is 2.47 bits per heavy atom. The Morgan fingerprint density at radius 1 is 1.73 bits per heavy atom. The van der Waals surface area contributed by atoms with Gasteiger partial charge >= 0.3 is 5.97 Å². The predicted octanol–water partition coefficient (Wildman–Crippen LogP) is 2.52. The minimum atomic E-state index is -1.00. The van der Waals surface area contributed by atoms with Crippen molar-refractivity contribution in [1.29, 1.82) is 0 Å². The van der Waals surface area contributed by atoms with Gasteiger partial charge in [-0.3, -0.25) is 0 Å². The van der Waals surface area contributed by atoms with Gasteiger partial charge in [0.25, 0.3) is 0 Å². The first-order valence-corrected chi connectivity index (χ1v) is 5.73. The summed E-state index contributed by atoms with van der Waals surface area (Å²) in [5, 5.41) is 12.5. The van der Waals surface area contributed by atoms with Crippen LogP contribution in [0.5, 0.6) is 0 Å². The number of thioether (sulfide) groups is 1. The molecule has 0 radical (unpaired) electrons. The molecule has 5 heteroatoms. The summed E-state index contributed by atoms with van der Waals surface area (Å²) in [5.74, 6) is -0.449. The molecule has 0 aliphatic carbocycles. The monoisotopic (exact) mass is 227 g/mol. The van der Waals surface area contributed by atoms with Crippen LogP contribution in [0, 0.1) is 5.92 Å². The molecule has 4 nitrogen and oxygen atoms in total. The van der Waals surface area contributed by atoms with Gasteiger partial charge in [0.15, 0.2) is 0 Å². The summed E-state index contributed by atoms with van der Waals surface area (Å²) >= 11 is 1.59. The van der Waals surface area contributed by atoms with E-state index in [-0.39, 0.29) is 5.76 Å². The highest BCUT2D eigenvalue weighted by atomic mass is 32.2. The fourth-order valence-electron chi connectivity index (χ4n) is 1.51. The summed E-state index contributed by atoms with van der Waals surface area (Å²) < 4.78 is 5.02. The van der Waals surface area contributed by atoms with Crippen molar-refractivity contribution in [2.75, 3.05) is 11.9 Å². The number of carbonyl (C=O) groups is 1. The van der Waals surface area contributed by atoms with Gasteiger partial charge in [-0.1, -0.05) is 13.8 Å². The van der Waals surface area contributed by atoms with Crippen LogP contribution in [0.1, 0.15) is 24.4 Å². The summed E-state index contributed by atoms with van der Waals surface area (Å²) in [7, 11) is 0. The lowest BCUT2D eigenvalue weighted by atomic mass is 10.1. The van der Waals surface area contributed by atoms with E-state index in [0.717, 1.165) is 17.1 Å². The van der Waals surface area contributed by atoms with Gasteiger partial charge in [-0.05, 0) is 5.92 Å². The van der Waals surface area contributed by atoms with E-state index in [9.17, 15) is 4.79 Å². The molecule has 2 N–H and O–H groups in total. The highest BCUT2D eigenvalue weighted by Crippen LogP contribution is 2.41. The summed E-state index contributed by atoms with van der Waals surface area (Å²) in [6.45, 7) is 5.11. The van der Waals surface area contributed by atoms with E-state index in [0.29, 0.717) is 11.2 Å². The Morgan fingerprint density at radius 3 is 3.07 bits per heavy atom. The number of aromatic carboxylic acids is 1.